The van der Waals surface area contributed by atoms with Crippen molar-refractivity contribution in [2.75, 3.05) is 18.9 Å². The second-order valence-electron chi connectivity index (χ2n) is 5.43. The zero-order valence-corrected chi connectivity index (χ0v) is 14.4. The van der Waals surface area contributed by atoms with Gasteiger partial charge in [0.05, 0.1) is 6.54 Å². The minimum absolute atomic E-state index is 0.0377. The molecule has 2 aromatic carbocycles. The van der Waals surface area contributed by atoms with Crippen LogP contribution in [0, 0.1) is 6.92 Å². The summed E-state index contributed by atoms with van der Waals surface area (Å²) in [6.45, 7) is 2.73. The minimum Gasteiger partial charge on any atom is -0.376 e. The third-order valence-corrected chi connectivity index (χ3v) is 4.34. The maximum Gasteiger partial charge on any atom is 0.288 e. The van der Waals surface area contributed by atoms with Crippen molar-refractivity contribution in [3.63, 3.8) is 0 Å². The van der Waals surface area contributed by atoms with Crippen LogP contribution in [0.4, 0.5) is 14.5 Å². The molecule has 2 rings (SSSR count). The Balaban J connectivity index is 1.85. The number of benzene rings is 2. The van der Waals surface area contributed by atoms with Crippen LogP contribution in [0.25, 0.3) is 0 Å². The SMILES string of the molecule is Cc1ccccc1CN(C)C(=O)CNc1ccc(SC(F)F)cc1. The van der Waals surface area contributed by atoms with Gasteiger partial charge in [-0.25, -0.2) is 0 Å². The van der Waals surface area contributed by atoms with Crippen LogP contribution in [0.5, 0.6) is 0 Å². The van der Waals surface area contributed by atoms with E-state index in [1.807, 2.05) is 31.2 Å². The third kappa shape index (κ3) is 5.53. The van der Waals surface area contributed by atoms with Crippen LogP contribution in [0.1, 0.15) is 11.1 Å². The quantitative estimate of drug-likeness (QED) is 0.752. The third-order valence-electron chi connectivity index (χ3n) is 3.62. The number of carbonyl (C=O) groups is 1. The summed E-state index contributed by atoms with van der Waals surface area (Å²) in [7, 11) is 1.76. The lowest BCUT2D eigenvalue weighted by Crippen LogP contribution is -2.31. The molecule has 128 valence electrons. The summed E-state index contributed by atoms with van der Waals surface area (Å²) in [4.78, 5) is 14.4. The van der Waals surface area contributed by atoms with E-state index in [0.717, 1.165) is 16.8 Å². The molecule has 0 spiro atoms. The molecule has 0 saturated heterocycles. The summed E-state index contributed by atoms with van der Waals surface area (Å²) in [6.07, 6.45) is 0. The first-order valence-corrected chi connectivity index (χ1v) is 8.41. The van der Waals surface area contributed by atoms with E-state index in [2.05, 4.69) is 5.32 Å². The van der Waals surface area contributed by atoms with Crippen molar-refractivity contribution in [3.05, 3.63) is 59.7 Å². The van der Waals surface area contributed by atoms with Crippen LogP contribution in [-0.4, -0.2) is 30.2 Å². The lowest BCUT2D eigenvalue weighted by molar-refractivity contribution is -0.128. The van der Waals surface area contributed by atoms with Crippen LogP contribution in [0.15, 0.2) is 53.4 Å². The van der Waals surface area contributed by atoms with E-state index in [4.69, 9.17) is 0 Å². The van der Waals surface area contributed by atoms with Crippen LogP contribution in [-0.2, 0) is 11.3 Å². The standard InChI is InChI=1S/C18H20F2N2OS/c1-13-5-3-4-6-14(13)12-22(2)17(23)11-21-15-7-9-16(10-8-15)24-18(19)20/h3-10,18,21H,11-12H2,1-2H3. The highest BCUT2D eigenvalue weighted by Gasteiger charge is 2.10. The predicted molar refractivity (Wildman–Crippen MR) is 94.4 cm³/mol. The number of amides is 1. The Kier molecular flexibility index (Phi) is 6.61. The smallest absolute Gasteiger partial charge is 0.288 e. The van der Waals surface area contributed by atoms with Crippen molar-refractivity contribution in [1.82, 2.24) is 4.90 Å². The molecular formula is C18H20F2N2OS. The Hall–Kier alpha value is -2.08. The molecule has 0 radical (unpaired) electrons. The van der Waals surface area contributed by atoms with Crippen molar-refractivity contribution in [2.24, 2.45) is 0 Å². The average molecular weight is 350 g/mol. The van der Waals surface area contributed by atoms with Gasteiger partial charge < -0.3 is 10.2 Å². The van der Waals surface area contributed by atoms with Gasteiger partial charge in [-0.15, -0.1) is 0 Å². The Bertz CT molecular complexity index is 677. The number of halogens is 2. The van der Waals surface area contributed by atoms with Gasteiger partial charge in [0.2, 0.25) is 5.91 Å². The number of rotatable bonds is 7. The number of hydrogen-bond acceptors (Lipinski definition) is 3. The number of aryl methyl sites for hydroxylation is 1. The summed E-state index contributed by atoms with van der Waals surface area (Å²) in [6, 6.07) is 14.6. The van der Waals surface area contributed by atoms with Crippen LogP contribution in [0.2, 0.25) is 0 Å². The molecule has 3 nitrogen and oxygen atoms in total. The fraction of sp³-hybridized carbons (Fsp3) is 0.278. The number of anilines is 1. The van der Waals surface area contributed by atoms with Crippen molar-refractivity contribution in [2.45, 2.75) is 24.1 Å². The maximum absolute atomic E-state index is 12.3. The van der Waals surface area contributed by atoms with Crippen molar-refractivity contribution in [3.8, 4) is 0 Å². The highest BCUT2D eigenvalue weighted by atomic mass is 32.2. The molecule has 0 aliphatic rings. The molecule has 0 unspecified atom stereocenters. The number of nitrogens with zero attached hydrogens (tertiary/aromatic N) is 1. The van der Waals surface area contributed by atoms with Gasteiger partial charge in [0, 0.05) is 24.2 Å². The molecule has 6 heteroatoms. The number of hydrogen-bond donors (Lipinski definition) is 1. The average Bonchev–Trinajstić information content (AvgIpc) is 2.55. The van der Waals surface area contributed by atoms with Gasteiger partial charge >= 0.3 is 0 Å². The molecule has 0 aliphatic heterocycles. The van der Waals surface area contributed by atoms with Gasteiger partial charge in [-0.2, -0.15) is 8.78 Å². The van der Waals surface area contributed by atoms with Crippen LogP contribution < -0.4 is 5.32 Å². The molecule has 0 aromatic heterocycles. The molecule has 0 fully saturated rings. The monoisotopic (exact) mass is 350 g/mol. The lowest BCUT2D eigenvalue weighted by atomic mass is 10.1. The molecule has 1 N–H and O–H groups in total. The largest absolute Gasteiger partial charge is 0.376 e. The molecule has 0 aliphatic carbocycles. The number of alkyl halides is 2. The van der Waals surface area contributed by atoms with Gasteiger partial charge in [-0.05, 0) is 42.3 Å². The number of carbonyl (C=O) groups excluding carboxylic acids is 1. The van der Waals surface area contributed by atoms with E-state index < -0.39 is 5.76 Å². The summed E-state index contributed by atoms with van der Waals surface area (Å²) < 4.78 is 24.5. The van der Waals surface area contributed by atoms with E-state index in [-0.39, 0.29) is 12.5 Å². The van der Waals surface area contributed by atoms with Crippen LogP contribution in [0.3, 0.4) is 0 Å². The zero-order valence-electron chi connectivity index (χ0n) is 13.6. The first kappa shape index (κ1) is 18.3. The van der Waals surface area contributed by atoms with E-state index in [9.17, 15) is 13.6 Å². The van der Waals surface area contributed by atoms with Gasteiger partial charge in [0.15, 0.2) is 0 Å². The molecule has 2 aromatic rings. The summed E-state index contributed by atoms with van der Waals surface area (Å²) in [5.41, 5.74) is 2.99. The number of nitrogens with one attached hydrogen (secondary N) is 1. The Labute approximate surface area is 145 Å². The van der Waals surface area contributed by atoms with Gasteiger partial charge in [-0.1, -0.05) is 36.0 Å². The van der Waals surface area contributed by atoms with Crippen molar-refractivity contribution >= 4 is 23.4 Å². The van der Waals surface area contributed by atoms with Gasteiger partial charge in [0.1, 0.15) is 0 Å². The lowest BCUT2D eigenvalue weighted by Gasteiger charge is -2.19. The van der Waals surface area contributed by atoms with E-state index in [1.165, 1.54) is 0 Å². The molecular weight excluding hydrogens is 330 g/mol. The topological polar surface area (TPSA) is 32.3 Å². The van der Waals surface area contributed by atoms with E-state index >= 15 is 0 Å². The van der Waals surface area contributed by atoms with E-state index in [1.54, 1.807) is 36.2 Å². The molecule has 0 saturated carbocycles. The Morgan fingerprint density at radius 2 is 1.83 bits per heavy atom. The fourth-order valence-corrected chi connectivity index (χ4v) is 2.70. The van der Waals surface area contributed by atoms with Gasteiger partial charge in [-0.3, -0.25) is 4.79 Å². The zero-order chi connectivity index (χ0) is 17.5. The molecule has 1 amide bonds. The second kappa shape index (κ2) is 8.68. The predicted octanol–water partition coefficient (Wildman–Crippen LogP) is 4.38. The molecule has 24 heavy (non-hydrogen) atoms. The highest BCUT2D eigenvalue weighted by Crippen LogP contribution is 2.26. The Morgan fingerprint density at radius 3 is 2.46 bits per heavy atom. The second-order valence-corrected chi connectivity index (χ2v) is 6.50. The molecule has 0 heterocycles. The summed E-state index contributed by atoms with van der Waals surface area (Å²) in [5.74, 6) is -2.47. The van der Waals surface area contributed by atoms with Crippen LogP contribution >= 0.6 is 11.8 Å². The van der Waals surface area contributed by atoms with Crippen molar-refractivity contribution < 1.29 is 13.6 Å². The maximum atomic E-state index is 12.3. The van der Waals surface area contributed by atoms with E-state index in [0.29, 0.717) is 23.2 Å². The first-order valence-electron chi connectivity index (χ1n) is 7.53. The number of thioether (sulfide) groups is 1. The summed E-state index contributed by atoms with van der Waals surface area (Å²) in [5, 5.41) is 3.02. The minimum atomic E-state index is -2.43. The highest BCUT2D eigenvalue weighted by molar-refractivity contribution is 7.99. The molecule has 0 bridgehead atoms. The molecule has 0 atom stereocenters. The normalized spacial score (nSPS) is 10.7. The number of likely N-dealkylation sites (N-methyl/N-ethyl adjacent to an activating group) is 1. The fourth-order valence-electron chi connectivity index (χ4n) is 2.20. The van der Waals surface area contributed by atoms with Crippen molar-refractivity contribution in [1.29, 1.82) is 0 Å². The first-order chi connectivity index (χ1) is 11.5. The Morgan fingerprint density at radius 1 is 1.17 bits per heavy atom. The summed E-state index contributed by atoms with van der Waals surface area (Å²) >= 11 is 0.503. The van der Waals surface area contributed by atoms with Gasteiger partial charge in [0.25, 0.3) is 5.76 Å².